The maximum atomic E-state index is 9.09. The summed E-state index contributed by atoms with van der Waals surface area (Å²) in [7, 11) is 0. The van der Waals surface area contributed by atoms with Gasteiger partial charge in [0.05, 0.1) is 19.3 Å². The van der Waals surface area contributed by atoms with Crippen LogP contribution >= 0.6 is 0 Å². The Morgan fingerprint density at radius 1 is 1.50 bits per heavy atom. The van der Waals surface area contributed by atoms with Gasteiger partial charge >= 0.3 is 0 Å². The van der Waals surface area contributed by atoms with Crippen molar-refractivity contribution in [2.24, 2.45) is 5.41 Å². The summed E-state index contributed by atoms with van der Waals surface area (Å²) >= 11 is 0. The van der Waals surface area contributed by atoms with Crippen LogP contribution in [0.1, 0.15) is 5.89 Å². The molecule has 5 nitrogen and oxygen atoms in total. The fourth-order valence-corrected chi connectivity index (χ4v) is 1.98. The Morgan fingerprint density at radius 2 is 2.33 bits per heavy atom. The molecule has 1 aliphatic heterocycles. The number of hydrogen-bond donors (Lipinski definition) is 1. The predicted molar refractivity (Wildman–Crippen MR) is 66.1 cm³/mol. The van der Waals surface area contributed by atoms with Gasteiger partial charge in [-0.2, -0.15) is 5.26 Å². The Balaban J connectivity index is 1.76. The van der Waals surface area contributed by atoms with Gasteiger partial charge in [-0.3, -0.25) is 0 Å². The Labute approximate surface area is 104 Å². The summed E-state index contributed by atoms with van der Waals surface area (Å²) in [6.07, 6.45) is 0. The van der Waals surface area contributed by atoms with Crippen molar-refractivity contribution in [2.45, 2.75) is 6.92 Å². The molecule has 0 aliphatic carbocycles. The normalized spacial score (nSPS) is 17.1. The fraction of sp³-hybridized carbons (Fsp3) is 0.385. The van der Waals surface area contributed by atoms with Crippen molar-refractivity contribution in [1.29, 1.82) is 5.26 Å². The molecule has 1 fully saturated rings. The summed E-state index contributed by atoms with van der Waals surface area (Å²) in [6.45, 7) is 3.42. The Hall–Kier alpha value is -2.06. The zero-order chi connectivity index (χ0) is 12.6. The predicted octanol–water partition coefficient (Wildman–Crippen LogP) is 2.09. The smallest absolute Gasteiger partial charge is 0.192 e. The molecule has 3 rings (SSSR count). The van der Waals surface area contributed by atoms with E-state index in [9.17, 15) is 0 Å². The summed E-state index contributed by atoms with van der Waals surface area (Å²) in [6, 6.07) is 8.04. The van der Waals surface area contributed by atoms with Gasteiger partial charge in [-0.05, 0) is 18.2 Å². The van der Waals surface area contributed by atoms with Crippen LogP contribution in [0.4, 0.5) is 5.69 Å². The number of oxazole rings is 1. The van der Waals surface area contributed by atoms with E-state index in [0.717, 1.165) is 16.8 Å². The molecule has 0 spiro atoms. The van der Waals surface area contributed by atoms with Crippen LogP contribution in [-0.4, -0.2) is 24.7 Å². The molecule has 0 amide bonds. The zero-order valence-electron chi connectivity index (χ0n) is 10.1. The van der Waals surface area contributed by atoms with Crippen LogP contribution in [0.5, 0.6) is 0 Å². The SMILES string of the molecule is Cc1nc2cc(NCC3(C#N)COC3)ccc2o1. The molecule has 18 heavy (non-hydrogen) atoms. The van der Waals surface area contributed by atoms with E-state index in [2.05, 4.69) is 16.4 Å². The van der Waals surface area contributed by atoms with E-state index in [4.69, 9.17) is 14.4 Å². The number of aryl methyl sites for hydroxylation is 1. The first-order valence-corrected chi connectivity index (χ1v) is 5.81. The van der Waals surface area contributed by atoms with Crippen molar-refractivity contribution >= 4 is 16.8 Å². The second kappa shape index (κ2) is 4.00. The number of hydrogen-bond acceptors (Lipinski definition) is 5. The largest absolute Gasteiger partial charge is 0.441 e. The number of nitriles is 1. The number of fused-ring (bicyclic) bond motifs is 1. The zero-order valence-corrected chi connectivity index (χ0v) is 10.1. The first-order valence-electron chi connectivity index (χ1n) is 5.81. The third-order valence-corrected chi connectivity index (χ3v) is 3.12. The van der Waals surface area contributed by atoms with Crippen molar-refractivity contribution in [2.75, 3.05) is 25.1 Å². The number of nitrogens with zero attached hydrogens (tertiary/aromatic N) is 2. The van der Waals surface area contributed by atoms with Crippen LogP contribution in [0.3, 0.4) is 0 Å². The molecule has 0 atom stereocenters. The average Bonchev–Trinajstić information content (AvgIpc) is 2.67. The standard InChI is InChI=1S/C13H13N3O2/c1-9-16-11-4-10(2-3-12(11)18-9)15-6-13(5-14)7-17-8-13/h2-4,15H,6-8H2,1H3. The third kappa shape index (κ3) is 1.81. The van der Waals surface area contributed by atoms with Gasteiger partial charge in [-0.1, -0.05) is 0 Å². The first kappa shape index (κ1) is 11.1. The minimum Gasteiger partial charge on any atom is -0.441 e. The van der Waals surface area contributed by atoms with Crippen molar-refractivity contribution in [3.63, 3.8) is 0 Å². The molecule has 1 saturated heterocycles. The molecule has 0 radical (unpaired) electrons. The van der Waals surface area contributed by atoms with Gasteiger partial charge in [-0.25, -0.2) is 4.98 Å². The summed E-state index contributed by atoms with van der Waals surface area (Å²) in [4.78, 5) is 4.28. The highest BCUT2D eigenvalue weighted by atomic mass is 16.5. The van der Waals surface area contributed by atoms with Crippen molar-refractivity contribution in [3.8, 4) is 6.07 Å². The lowest BCUT2D eigenvalue weighted by atomic mass is 9.88. The lowest BCUT2D eigenvalue weighted by Crippen LogP contribution is -2.46. The molecule has 2 heterocycles. The Bertz CT molecular complexity index is 623. The first-order chi connectivity index (χ1) is 8.71. The second-order valence-electron chi connectivity index (χ2n) is 4.65. The van der Waals surface area contributed by atoms with Gasteiger partial charge in [0.2, 0.25) is 0 Å². The lowest BCUT2D eigenvalue weighted by Gasteiger charge is -2.35. The molecular formula is C13H13N3O2. The Kier molecular flexibility index (Phi) is 2.46. The number of aromatic nitrogens is 1. The topological polar surface area (TPSA) is 71.1 Å². The number of nitrogens with one attached hydrogen (secondary N) is 1. The molecule has 2 aromatic rings. The summed E-state index contributed by atoms with van der Waals surface area (Å²) in [5, 5.41) is 12.3. The molecule has 1 aliphatic rings. The second-order valence-corrected chi connectivity index (χ2v) is 4.65. The molecule has 0 unspecified atom stereocenters. The molecular weight excluding hydrogens is 230 g/mol. The van der Waals surface area contributed by atoms with E-state index in [0.29, 0.717) is 25.6 Å². The van der Waals surface area contributed by atoms with E-state index in [-0.39, 0.29) is 5.41 Å². The molecule has 5 heteroatoms. The van der Waals surface area contributed by atoms with Crippen molar-refractivity contribution in [3.05, 3.63) is 24.1 Å². The lowest BCUT2D eigenvalue weighted by molar-refractivity contribution is -0.0690. The monoisotopic (exact) mass is 243 g/mol. The van der Waals surface area contributed by atoms with Gasteiger partial charge < -0.3 is 14.5 Å². The number of rotatable bonds is 3. The van der Waals surface area contributed by atoms with Crippen molar-refractivity contribution < 1.29 is 9.15 Å². The van der Waals surface area contributed by atoms with Gasteiger partial charge in [0.1, 0.15) is 10.9 Å². The van der Waals surface area contributed by atoms with Gasteiger partial charge in [0.15, 0.2) is 11.5 Å². The Morgan fingerprint density at radius 3 is 3.00 bits per heavy atom. The van der Waals surface area contributed by atoms with E-state index in [1.807, 2.05) is 25.1 Å². The van der Waals surface area contributed by atoms with Crippen molar-refractivity contribution in [1.82, 2.24) is 4.98 Å². The third-order valence-electron chi connectivity index (χ3n) is 3.12. The van der Waals surface area contributed by atoms with Crippen LogP contribution in [-0.2, 0) is 4.74 Å². The van der Waals surface area contributed by atoms with Gasteiger partial charge in [-0.15, -0.1) is 0 Å². The molecule has 92 valence electrons. The number of ether oxygens (including phenoxy) is 1. The summed E-state index contributed by atoms with van der Waals surface area (Å²) < 4.78 is 10.5. The van der Waals surface area contributed by atoms with Crippen LogP contribution in [0.2, 0.25) is 0 Å². The number of benzene rings is 1. The minimum atomic E-state index is -0.380. The van der Waals surface area contributed by atoms with Crippen LogP contribution in [0.15, 0.2) is 22.6 Å². The summed E-state index contributed by atoms with van der Waals surface area (Å²) in [5.74, 6) is 0.656. The average molecular weight is 243 g/mol. The maximum absolute atomic E-state index is 9.09. The highest BCUT2D eigenvalue weighted by Crippen LogP contribution is 2.27. The fourth-order valence-electron chi connectivity index (χ4n) is 1.98. The van der Waals surface area contributed by atoms with Crippen LogP contribution in [0.25, 0.3) is 11.1 Å². The van der Waals surface area contributed by atoms with Crippen LogP contribution < -0.4 is 5.32 Å². The van der Waals surface area contributed by atoms with E-state index in [1.54, 1.807) is 0 Å². The van der Waals surface area contributed by atoms with E-state index >= 15 is 0 Å². The van der Waals surface area contributed by atoms with E-state index < -0.39 is 0 Å². The molecule has 1 N–H and O–H groups in total. The minimum absolute atomic E-state index is 0.380. The molecule has 0 saturated carbocycles. The molecule has 0 bridgehead atoms. The highest BCUT2D eigenvalue weighted by molar-refractivity contribution is 5.77. The molecule has 1 aromatic carbocycles. The van der Waals surface area contributed by atoms with Crippen LogP contribution in [0, 0.1) is 23.7 Å². The summed E-state index contributed by atoms with van der Waals surface area (Å²) in [5.41, 5.74) is 2.17. The quantitative estimate of drug-likeness (QED) is 0.893. The highest BCUT2D eigenvalue weighted by Gasteiger charge is 2.38. The van der Waals surface area contributed by atoms with Gasteiger partial charge in [0.25, 0.3) is 0 Å². The number of anilines is 1. The van der Waals surface area contributed by atoms with Gasteiger partial charge in [0, 0.05) is 19.2 Å². The van der Waals surface area contributed by atoms with E-state index in [1.165, 1.54) is 0 Å². The maximum Gasteiger partial charge on any atom is 0.192 e. The molecule has 1 aromatic heterocycles.